The molecule has 0 aliphatic carbocycles. The Morgan fingerprint density at radius 2 is 1.58 bits per heavy atom. The van der Waals surface area contributed by atoms with E-state index in [-0.39, 0.29) is 11.7 Å². The Kier molecular flexibility index (Phi) is 4.86. The van der Waals surface area contributed by atoms with Crippen LogP contribution in [-0.4, -0.2) is 10.9 Å². The molecule has 1 aromatic heterocycles. The van der Waals surface area contributed by atoms with Crippen molar-refractivity contribution >= 4 is 39.0 Å². The van der Waals surface area contributed by atoms with Gasteiger partial charge < -0.3 is 10.6 Å². The summed E-state index contributed by atoms with van der Waals surface area (Å²) in [6.07, 6.45) is 1.60. The van der Waals surface area contributed by atoms with Crippen LogP contribution in [0.2, 0.25) is 0 Å². The zero-order valence-corrected chi connectivity index (χ0v) is 14.0. The molecule has 1 amide bonds. The third-order valence-corrected chi connectivity index (χ3v) is 3.77. The Labute approximate surface area is 146 Å². The molecule has 3 rings (SSSR count). The molecule has 6 heteroatoms. The molecule has 0 saturated carbocycles. The van der Waals surface area contributed by atoms with Crippen LogP contribution in [0, 0.1) is 5.82 Å². The number of hydrogen-bond acceptors (Lipinski definition) is 3. The summed E-state index contributed by atoms with van der Waals surface area (Å²) in [6.45, 7) is 0. The molecule has 24 heavy (non-hydrogen) atoms. The molecule has 4 nitrogen and oxygen atoms in total. The molecule has 3 aromatic rings. The Morgan fingerprint density at radius 1 is 0.917 bits per heavy atom. The van der Waals surface area contributed by atoms with E-state index in [4.69, 9.17) is 0 Å². The van der Waals surface area contributed by atoms with Gasteiger partial charge in [0.15, 0.2) is 0 Å². The predicted molar refractivity (Wildman–Crippen MR) is 96.0 cm³/mol. The number of benzene rings is 2. The number of nitrogens with zero attached hydrogens (tertiary/aromatic N) is 1. The summed E-state index contributed by atoms with van der Waals surface area (Å²) in [6, 6.07) is 16.6. The summed E-state index contributed by atoms with van der Waals surface area (Å²) < 4.78 is 13.8. The van der Waals surface area contributed by atoms with Gasteiger partial charge in [-0.25, -0.2) is 9.37 Å². The maximum absolute atomic E-state index is 12.9. The van der Waals surface area contributed by atoms with Crippen molar-refractivity contribution in [3.63, 3.8) is 0 Å². The number of nitrogens with one attached hydrogen (secondary N) is 2. The minimum Gasteiger partial charge on any atom is -0.354 e. The van der Waals surface area contributed by atoms with Crippen LogP contribution in [-0.2, 0) is 0 Å². The first-order valence-electron chi connectivity index (χ1n) is 7.16. The largest absolute Gasteiger partial charge is 0.354 e. The molecule has 0 aliphatic rings. The molecule has 0 spiro atoms. The lowest BCUT2D eigenvalue weighted by Gasteiger charge is -2.08. The SMILES string of the molecule is O=C(Nc1ccc(Nc2ccc(F)cc2)cn1)c1ccc(Br)cc1. The van der Waals surface area contributed by atoms with E-state index in [0.717, 1.165) is 15.8 Å². The fraction of sp³-hybridized carbons (Fsp3) is 0. The highest BCUT2D eigenvalue weighted by atomic mass is 79.9. The number of rotatable bonds is 4. The van der Waals surface area contributed by atoms with Gasteiger partial charge >= 0.3 is 0 Å². The highest BCUT2D eigenvalue weighted by Crippen LogP contribution is 2.18. The molecule has 0 bridgehead atoms. The molecule has 0 unspecified atom stereocenters. The van der Waals surface area contributed by atoms with Crippen molar-refractivity contribution in [1.29, 1.82) is 0 Å². The number of halogens is 2. The summed E-state index contributed by atoms with van der Waals surface area (Å²) in [5.41, 5.74) is 2.04. The number of hydrogen-bond donors (Lipinski definition) is 2. The van der Waals surface area contributed by atoms with Crippen LogP contribution in [0.1, 0.15) is 10.4 Å². The van der Waals surface area contributed by atoms with E-state index >= 15 is 0 Å². The number of anilines is 3. The van der Waals surface area contributed by atoms with Gasteiger partial charge in [0, 0.05) is 15.7 Å². The van der Waals surface area contributed by atoms with Crippen LogP contribution in [0.25, 0.3) is 0 Å². The van der Waals surface area contributed by atoms with Crippen molar-refractivity contribution < 1.29 is 9.18 Å². The number of carbonyl (C=O) groups is 1. The molecule has 0 saturated heterocycles. The van der Waals surface area contributed by atoms with E-state index in [1.54, 1.807) is 54.7 Å². The van der Waals surface area contributed by atoms with Crippen LogP contribution in [0.4, 0.5) is 21.6 Å². The Balaban J connectivity index is 1.64. The van der Waals surface area contributed by atoms with Gasteiger partial charge in [-0.05, 0) is 60.7 Å². The third kappa shape index (κ3) is 4.17. The smallest absolute Gasteiger partial charge is 0.256 e. The Bertz CT molecular complexity index is 834. The fourth-order valence-electron chi connectivity index (χ4n) is 2.03. The van der Waals surface area contributed by atoms with Crippen molar-refractivity contribution in [1.82, 2.24) is 4.98 Å². The minimum absolute atomic E-state index is 0.228. The summed E-state index contributed by atoms with van der Waals surface area (Å²) in [4.78, 5) is 16.3. The second-order valence-corrected chi connectivity index (χ2v) is 5.94. The van der Waals surface area contributed by atoms with Gasteiger partial charge in [0.25, 0.3) is 5.91 Å². The van der Waals surface area contributed by atoms with Gasteiger partial charge in [-0.15, -0.1) is 0 Å². The van der Waals surface area contributed by atoms with Gasteiger partial charge in [0.2, 0.25) is 0 Å². The molecular weight excluding hydrogens is 373 g/mol. The fourth-order valence-corrected chi connectivity index (χ4v) is 2.30. The molecule has 1 heterocycles. The molecule has 0 aliphatic heterocycles. The maximum atomic E-state index is 12.9. The van der Waals surface area contributed by atoms with Crippen molar-refractivity contribution in [3.8, 4) is 0 Å². The number of pyridine rings is 1. The average Bonchev–Trinajstić information content (AvgIpc) is 2.59. The number of aromatic nitrogens is 1. The number of carbonyl (C=O) groups excluding carboxylic acids is 1. The summed E-state index contributed by atoms with van der Waals surface area (Å²) in [7, 11) is 0. The van der Waals surface area contributed by atoms with E-state index in [0.29, 0.717) is 11.4 Å². The van der Waals surface area contributed by atoms with Crippen LogP contribution in [0.5, 0.6) is 0 Å². The average molecular weight is 386 g/mol. The predicted octanol–water partition coefficient (Wildman–Crippen LogP) is 4.98. The number of amides is 1. The van der Waals surface area contributed by atoms with E-state index in [1.165, 1.54) is 12.1 Å². The van der Waals surface area contributed by atoms with E-state index < -0.39 is 0 Å². The van der Waals surface area contributed by atoms with Crippen molar-refractivity contribution in [2.75, 3.05) is 10.6 Å². The topological polar surface area (TPSA) is 54.0 Å². The lowest BCUT2D eigenvalue weighted by atomic mass is 10.2. The van der Waals surface area contributed by atoms with Crippen LogP contribution in [0.15, 0.2) is 71.3 Å². The standard InChI is InChI=1S/C18H13BrFN3O/c19-13-3-1-12(2-4-13)18(24)23-17-10-9-16(11-21-17)22-15-7-5-14(20)6-8-15/h1-11,22H,(H,21,23,24). The molecule has 0 fully saturated rings. The Morgan fingerprint density at radius 3 is 2.21 bits per heavy atom. The molecule has 0 atom stereocenters. The zero-order valence-electron chi connectivity index (χ0n) is 12.5. The monoisotopic (exact) mass is 385 g/mol. The minimum atomic E-state index is -0.287. The van der Waals surface area contributed by atoms with Crippen LogP contribution >= 0.6 is 15.9 Å². The van der Waals surface area contributed by atoms with Gasteiger partial charge in [0.05, 0.1) is 11.9 Å². The third-order valence-electron chi connectivity index (χ3n) is 3.24. The van der Waals surface area contributed by atoms with Gasteiger partial charge in [-0.2, -0.15) is 0 Å². The summed E-state index contributed by atoms with van der Waals surface area (Å²) in [5, 5.41) is 5.84. The quantitative estimate of drug-likeness (QED) is 0.665. The van der Waals surface area contributed by atoms with Gasteiger partial charge in [-0.1, -0.05) is 15.9 Å². The Hall–Kier alpha value is -2.73. The van der Waals surface area contributed by atoms with Crippen molar-refractivity contribution in [2.45, 2.75) is 0 Å². The molecule has 2 N–H and O–H groups in total. The van der Waals surface area contributed by atoms with Gasteiger partial charge in [0.1, 0.15) is 11.6 Å². The maximum Gasteiger partial charge on any atom is 0.256 e. The van der Waals surface area contributed by atoms with Gasteiger partial charge in [-0.3, -0.25) is 4.79 Å². The lowest BCUT2D eigenvalue weighted by Crippen LogP contribution is -2.12. The van der Waals surface area contributed by atoms with E-state index in [9.17, 15) is 9.18 Å². The lowest BCUT2D eigenvalue weighted by molar-refractivity contribution is 0.102. The van der Waals surface area contributed by atoms with Crippen LogP contribution < -0.4 is 10.6 Å². The summed E-state index contributed by atoms with van der Waals surface area (Å²) in [5.74, 6) is -0.0634. The molecule has 120 valence electrons. The molecule has 2 aromatic carbocycles. The first-order valence-corrected chi connectivity index (χ1v) is 7.95. The first kappa shape index (κ1) is 16.1. The second kappa shape index (κ2) is 7.23. The molecule has 0 radical (unpaired) electrons. The normalized spacial score (nSPS) is 10.2. The van der Waals surface area contributed by atoms with Crippen molar-refractivity contribution in [2.24, 2.45) is 0 Å². The summed E-state index contributed by atoms with van der Waals surface area (Å²) >= 11 is 3.33. The highest BCUT2D eigenvalue weighted by molar-refractivity contribution is 9.10. The van der Waals surface area contributed by atoms with E-state index in [1.807, 2.05) is 0 Å². The first-order chi connectivity index (χ1) is 11.6. The molecular formula is C18H13BrFN3O. The highest BCUT2D eigenvalue weighted by Gasteiger charge is 2.06. The van der Waals surface area contributed by atoms with Crippen LogP contribution in [0.3, 0.4) is 0 Å². The second-order valence-electron chi connectivity index (χ2n) is 5.03. The zero-order chi connectivity index (χ0) is 16.9. The van der Waals surface area contributed by atoms with E-state index in [2.05, 4.69) is 31.5 Å². The van der Waals surface area contributed by atoms with Crippen molar-refractivity contribution in [3.05, 3.63) is 82.7 Å².